The number of hydrogen-bond donors (Lipinski definition) is 1. The third-order valence-corrected chi connectivity index (χ3v) is 12.0. The van der Waals surface area contributed by atoms with Gasteiger partial charge in [0.25, 0.3) is 0 Å². The van der Waals surface area contributed by atoms with E-state index in [1.54, 1.807) is 0 Å². The molecular formula is C46H97NO3Si. The quantitative estimate of drug-likeness (QED) is 0.0384. The van der Waals surface area contributed by atoms with Crippen molar-refractivity contribution in [1.82, 2.24) is 0 Å². The van der Waals surface area contributed by atoms with Crippen LogP contribution in [-0.2, 0) is 13.6 Å². The molecule has 0 saturated heterocycles. The summed E-state index contributed by atoms with van der Waals surface area (Å²) in [6.07, 6.45) is 52.1. The van der Waals surface area contributed by atoms with Crippen molar-refractivity contribution < 1.29 is 13.6 Å². The lowest BCUT2D eigenvalue weighted by Gasteiger charge is -2.19. The molecule has 0 radical (unpaired) electrons. The number of hydrogen-bond acceptors (Lipinski definition) is 4. The van der Waals surface area contributed by atoms with Crippen LogP contribution in [0.15, 0.2) is 0 Å². The van der Waals surface area contributed by atoms with Crippen LogP contribution < -0.4 is 5.73 Å². The van der Waals surface area contributed by atoms with Crippen molar-refractivity contribution in [2.24, 2.45) is 11.7 Å². The summed E-state index contributed by atoms with van der Waals surface area (Å²) in [5.74, 6) is 0.703. The van der Waals surface area contributed by atoms with Crippen molar-refractivity contribution in [1.29, 1.82) is 0 Å². The fourth-order valence-electron chi connectivity index (χ4n) is 7.29. The Morgan fingerprint density at radius 1 is 0.392 bits per heavy atom. The molecular weight excluding hydrogens is 643 g/mol. The lowest BCUT2D eigenvalue weighted by atomic mass is 10.0. The van der Waals surface area contributed by atoms with Gasteiger partial charge in [-0.25, -0.2) is 0 Å². The van der Waals surface area contributed by atoms with Gasteiger partial charge in [-0.15, -0.1) is 0 Å². The highest BCUT2D eigenvalue weighted by Crippen LogP contribution is 2.17. The molecule has 0 aromatic carbocycles. The van der Waals surface area contributed by atoms with Crippen molar-refractivity contribution in [3.63, 3.8) is 0 Å². The minimum absolute atomic E-state index is 0.0370. The van der Waals surface area contributed by atoms with Gasteiger partial charge in [0, 0.05) is 13.2 Å². The minimum Gasteiger partial charge on any atom is -0.399 e. The lowest BCUT2D eigenvalue weighted by molar-refractivity contribution is -0.0945. The van der Waals surface area contributed by atoms with Gasteiger partial charge in [0.15, 0.2) is 0 Å². The first-order valence-electron chi connectivity index (χ1n) is 23.8. The molecule has 0 saturated carbocycles. The standard InChI is InChI=1S/C46H97NO3Si/c1-4-6-8-10-12-14-16-17-20-23-27-31-35-39-43-49-51-50-46(48-42-38-34-30-26-15-13-11-9-7-5-2)41-37-33-29-25-22-19-18-21-24-28-32-36-40-45(3)44-47/h45-46H,4-44,47,51H2,1-3H3. The molecule has 0 aromatic rings. The van der Waals surface area contributed by atoms with Gasteiger partial charge >= 0.3 is 10.0 Å². The zero-order valence-electron chi connectivity index (χ0n) is 35.7. The summed E-state index contributed by atoms with van der Waals surface area (Å²) < 4.78 is 18.6. The zero-order valence-corrected chi connectivity index (χ0v) is 37.1. The van der Waals surface area contributed by atoms with Crippen molar-refractivity contribution >= 4 is 10.0 Å². The van der Waals surface area contributed by atoms with Gasteiger partial charge in [-0.05, 0) is 44.6 Å². The Balaban J connectivity index is 3.90. The number of rotatable bonds is 46. The molecule has 2 unspecified atom stereocenters. The van der Waals surface area contributed by atoms with Crippen molar-refractivity contribution in [3.8, 4) is 0 Å². The van der Waals surface area contributed by atoms with E-state index in [2.05, 4.69) is 20.8 Å². The van der Waals surface area contributed by atoms with E-state index in [4.69, 9.17) is 19.3 Å². The smallest absolute Gasteiger partial charge is 0.306 e. The zero-order chi connectivity index (χ0) is 37.0. The summed E-state index contributed by atoms with van der Waals surface area (Å²) >= 11 is 0. The molecule has 5 heteroatoms. The third kappa shape index (κ3) is 44.3. The molecule has 0 aliphatic rings. The molecule has 2 N–H and O–H groups in total. The van der Waals surface area contributed by atoms with Crippen LogP contribution in [-0.4, -0.2) is 36.1 Å². The minimum atomic E-state index is -0.958. The summed E-state index contributed by atoms with van der Waals surface area (Å²) in [6.45, 7) is 9.45. The molecule has 0 aromatic heterocycles. The summed E-state index contributed by atoms with van der Waals surface area (Å²) in [4.78, 5) is 0. The molecule has 4 nitrogen and oxygen atoms in total. The first-order chi connectivity index (χ1) is 25.2. The van der Waals surface area contributed by atoms with E-state index in [1.165, 1.54) is 238 Å². The van der Waals surface area contributed by atoms with Crippen LogP contribution in [0.2, 0.25) is 0 Å². The normalized spacial score (nSPS) is 13.2. The Morgan fingerprint density at radius 2 is 0.706 bits per heavy atom. The maximum Gasteiger partial charge on any atom is 0.306 e. The molecule has 0 fully saturated rings. The third-order valence-electron chi connectivity index (χ3n) is 11.1. The highest BCUT2D eigenvalue weighted by atomic mass is 28.3. The van der Waals surface area contributed by atoms with Gasteiger partial charge in [0.05, 0.1) is 0 Å². The number of unbranched alkanes of at least 4 members (excludes halogenated alkanes) is 33. The second-order valence-corrected chi connectivity index (χ2v) is 17.4. The monoisotopic (exact) mass is 740 g/mol. The van der Waals surface area contributed by atoms with E-state index in [0.29, 0.717) is 5.92 Å². The lowest BCUT2D eigenvalue weighted by Crippen LogP contribution is -2.22. The van der Waals surface area contributed by atoms with E-state index in [9.17, 15) is 0 Å². The first kappa shape index (κ1) is 51.1. The molecule has 0 rings (SSSR count). The second kappa shape index (κ2) is 46.2. The largest absolute Gasteiger partial charge is 0.399 e. The molecule has 51 heavy (non-hydrogen) atoms. The predicted octanol–water partition coefficient (Wildman–Crippen LogP) is 14.8. The van der Waals surface area contributed by atoms with Gasteiger partial charge in [0.1, 0.15) is 6.29 Å². The van der Waals surface area contributed by atoms with Crippen LogP contribution in [0, 0.1) is 5.92 Å². The van der Waals surface area contributed by atoms with Crippen molar-refractivity contribution in [2.45, 2.75) is 271 Å². The molecule has 2 atom stereocenters. The van der Waals surface area contributed by atoms with E-state index in [-0.39, 0.29) is 6.29 Å². The van der Waals surface area contributed by atoms with E-state index in [1.807, 2.05) is 0 Å². The van der Waals surface area contributed by atoms with Gasteiger partial charge in [-0.2, -0.15) is 0 Å². The molecule has 0 spiro atoms. The van der Waals surface area contributed by atoms with E-state index < -0.39 is 10.0 Å². The van der Waals surface area contributed by atoms with Crippen molar-refractivity contribution in [3.05, 3.63) is 0 Å². The fraction of sp³-hybridized carbons (Fsp3) is 1.00. The Bertz CT molecular complexity index is 609. The van der Waals surface area contributed by atoms with Crippen molar-refractivity contribution in [2.75, 3.05) is 19.8 Å². The Kier molecular flexibility index (Phi) is 46.3. The Labute approximate surface area is 325 Å². The van der Waals surface area contributed by atoms with Crippen LogP contribution in [0.25, 0.3) is 0 Å². The Morgan fingerprint density at radius 3 is 1.08 bits per heavy atom. The molecule has 0 bridgehead atoms. The second-order valence-electron chi connectivity index (χ2n) is 16.4. The highest BCUT2D eigenvalue weighted by Gasteiger charge is 2.10. The molecule has 308 valence electrons. The average molecular weight is 740 g/mol. The molecule has 0 amide bonds. The summed E-state index contributed by atoms with van der Waals surface area (Å²) in [7, 11) is -0.958. The van der Waals surface area contributed by atoms with Crippen LogP contribution in [0.5, 0.6) is 0 Å². The summed E-state index contributed by atoms with van der Waals surface area (Å²) in [5.41, 5.74) is 5.73. The predicted molar refractivity (Wildman–Crippen MR) is 230 cm³/mol. The summed E-state index contributed by atoms with van der Waals surface area (Å²) in [6, 6.07) is 0. The van der Waals surface area contributed by atoms with Crippen LogP contribution in [0.3, 0.4) is 0 Å². The van der Waals surface area contributed by atoms with Crippen LogP contribution in [0.1, 0.15) is 265 Å². The topological polar surface area (TPSA) is 53.7 Å². The van der Waals surface area contributed by atoms with Crippen LogP contribution >= 0.6 is 0 Å². The van der Waals surface area contributed by atoms with E-state index >= 15 is 0 Å². The highest BCUT2D eigenvalue weighted by molar-refractivity contribution is 6.17. The van der Waals surface area contributed by atoms with E-state index in [0.717, 1.165) is 26.2 Å². The number of ether oxygens (including phenoxy) is 1. The maximum absolute atomic E-state index is 6.29. The fourth-order valence-corrected chi connectivity index (χ4v) is 8.12. The molecule has 0 aliphatic heterocycles. The van der Waals surface area contributed by atoms with Gasteiger partial charge in [-0.1, -0.05) is 233 Å². The first-order valence-corrected chi connectivity index (χ1v) is 24.9. The van der Waals surface area contributed by atoms with Gasteiger partial charge < -0.3 is 19.3 Å². The van der Waals surface area contributed by atoms with Gasteiger partial charge in [-0.3, -0.25) is 0 Å². The molecule has 0 heterocycles. The van der Waals surface area contributed by atoms with Crippen LogP contribution in [0.4, 0.5) is 0 Å². The van der Waals surface area contributed by atoms with Gasteiger partial charge in [0.2, 0.25) is 0 Å². The Hall–Kier alpha value is 0.0569. The molecule has 0 aliphatic carbocycles. The SMILES string of the molecule is CCCCCCCCCCCCCCCCO[SiH2]OC(CCCCCCCCCCCCCCC(C)CN)OCCCCCCCCCCCC. The number of nitrogens with two attached hydrogens (primary N) is 1. The summed E-state index contributed by atoms with van der Waals surface area (Å²) in [5, 5.41) is 0. The maximum atomic E-state index is 6.29. The average Bonchev–Trinajstić information content (AvgIpc) is 3.14.